The lowest BCUT2D eigenvalue weighted by Gasteiger charge is -2.25. The number of nitrogens with zero attached hydrogens (tertiary/aromatic N) is 4. The number of amides is 1. The predicted molar refractivity (Wildman–Crippen MR) is 106 cm³/mol. The fourth-order valence-corrected chi connectivity index (χ4v) is 3.60. The quantitative estimate of drug-likeness (QED) is 0.386. The monoisotopic (exact) mass is 406 g/mol. The molecule has 1 aromatic carbocycles. The zero-order valence-electron chi connectivity index (χ0n) is 16.0. The molecule has 2 aromatic heterocycles. The van der Waals surface area contributed by atoms with Crippen LogP contribution < -0.4 is 0 Å². The van der Waals surface area contributed by atoms with Crippen LogP contribution in [0.1, 0.15) is 23.6 Å². The molecule has 1 aliphatic heterocycles. The molecule has 1 N–H and O–H groups in total. The molecule has 1 atom stereocenters. The van der Waals surface area contributed by atoms with Gasteiger partial charge in [0.05, 0.1) is 17.9 Å². The Labute approximate surface area is 172 Å². The van der Waals surface area contributed by atoms with Crippen molar-refractivity contribution < 1.29 is 19.1 Å². The highest BCUT2D eigenvalue weighted by molar-refractivity contribution is 6.46. The van der Waals surface area contributed by atoms with Crippen molar-refractivity contribution in [1.82, 2.24) is 19.4 Å². The van der Waals surface area contributed by atoms with Gasteiger partial charge in [-0.1, -0.05) is 6.07 Å². The molecule has 3 heterocycles. The third-order valence-corrected chi connectivity index (χ3v) is 5.03. The Hall–Kier alpha value is -3.81. The molecule has 1 fully saturated rings. The van der Waals surface area contributed by atoms with Gasteiger partial charge in [0, 0.05) is 43.4 Å². The van der Waals surface area contributed by atoms with Gasteiger partial charge in [0.15, 0.2) is 0 Å². The van der Waals surface area contributed by atoms with Gasteiger partial charge >= 0.3 is 0 Å². The van der Waals surface area contributed by atoms with Crippen LogP contribution in [-0.4, -0.2) is 42.8 Å². The largest absolute Gasteiger partial charge is 0.507 e. The van der Waals surface area contributed by atoms with Gasteiger partial charge in [0.2, 0.25) is 0 Å². The molecular formula is C22H19FN4O3. The lowest BCUT2D eigenvalue weighted by molar-refractivity contribution is -0.139. The normalized spacial score (nSPS) is 18.2. The molecule has 152 valence electrons. The van der Waals surface area contributed by atoms with Crippen molar-refractivity contribution >= 4 is 17.4 Å². The fourth-order valence-electron chi connectivity index (χ4n) is 3.60. The number of imidazole rings is 1. The summed E-state index contributed by atoms with van der Waals surface area (Å²) >= 11 is 0. The first-order valence-electron chi connectivity index (χ1n) is 9.46. The van der Waals surface area contributed by atoms with Crippen LogP contribution in [0.3, 0.4) is 0 Å². The number of hydrogen-bond donors (Lipinski definition) is 1. The molecule has 7 nitrogen and oxygen atoms in total. The first-order chi connectivity index (χ1) is 14.6. The van der Waals surface area contributed by atoms with Crippen LogP contribution in [0.15, 0.2) is 73.1 Å². The summed E-state index contributed by atoms with van der Waals surface area (Å²) in [4.78, 5) is 35.2. The van der Waals surface area contributed by atoms with Crippen LogP contribution in [0.2, 0.25) is 0 Å². The Bertz CT molecular complexity index is 1080. The first-order valence-corrected chi connectivity index (χ1v) is 9.46. The Kier molecular flexibility index (Phi) is 5.38. The summed E-state index contributed by atoms with van der Waals surface area (Å²) < 4.78 is 15.2. The number of aliphatic hydroxyl groups excluding tert-OH is 1. The van der Waals surface area contributed by atoms with Gasteiger partial charge in [0.1, 0.15) is 11.6 Å². The molecule has 8 heteroatoms. The maximum absolute atomic E-state index is 13.3. The van der Waals surface area contributed by atoms with Crippen molar-refractivity contribution in [1.29, 1.82) is 0 Å². The van der Waals surface area contributed by atoms with Crippen molar-refractivity contribution in [3.05, 3.63) is 90.0 Å². The number of pyridine rings is 1. The van der Waals surface area contributed by atoms with Crippen LogP contribution >= 0.6 is 0 Å². The number of Topliss-reactive ketones (excluding diaryl/α,β-unsaturated/α-hetero) is 1. The third kappa shape index (κ3) is 3.71. The molecule has 3 aromatic rings. The summed E-state index contributed by atoms with van der Waals surface area (Å²) in [5, 5.41) is 10.8. The van der Waals surface area contributed by atoms with E-state index in [1.807, 2.05) is 10.8 Å². The van der Waals surface area contributed by atoms with E-state index in [1.54, 1.807) is 37.1 Å². The number of likely N-dealkylation sites (tertiary alicyclic amines) is 1. The molecule has 1 saturated heterocycles. The molecule has 0 spiro atoms. The lowest BCUT2D eigenvalue weighted by Crippen LogP contribution is -2.31. The number of carbonyl (C=O) groups is 2. The number of halogens is 1. The van der Waals surface area contributed by atoms with E-state index in [2.05, 4.69) is 9.97 Å². The summed E-state index contributed by atoms with van der Waals surface area (Å²) in [7, 11) is 0. The number of aryl methyl sites for hydroxylation is 1. The van der Waals surface area contributed by atoms with Gasteiger partial charge in [-0.25, -0.2) is 9.37 Å². The van der Waals surface area contributed by atoms with Crippen LogP contribution in [0, 0.1) is 5.82 Å². The van der Waals surface area contributed by atoms with Crippen molar-refractivity contribution in [2.75, 3.05) is 6.54 Å². The molecule has 30 heavy (non-hydrogen) atoms. The maximum atomic E-state index is 13.3. The number of rotatable bonds is 6. The summed E-state index contributed by atoms with van der Waals surface area (Å²) in [6, 6.07) is 7.81. The van der Waals surface area contributed by atoms with Gasteiger partial charge in [-0.05, 0) is 42.3 Å². The van der Waals surface area contributed by atoms with Crippen LogP contribution in [0.4, 0.5) is 4.39 Å². The van der Waals surface area contributed by atoms with Gasteiger partial charge in [-0.15, -0.1) is 0 Å². The van der Waals surface area contributed by atoms with E-state index in [0.29, 0.717) is 25.1 Å². The Balaban J connectivity index is 1.71. The second-order valence-corrected chi connectivity index (χ2v) is 6.94. The highest BCUT2D eigenvalue weighted by Crippen LogP contribution is 2.39. The smallest absolute Gasteiger partial charge is 0.295 e. The number of ketones is 1. The third-order valence-electron chi connectivity index (χ3n) is 5.03. The van der Waals surface area contributed by atoms with E-state index >= 15 is 0 Å². The minimum Gasteiger partial charge on any atom is -0.507 e. The predicted octanol–water partition coefficient (Wildman–Crippen LogP) is 2.93. The molecule has 1 amide bonds. The summed E-state index contributed by atoms with van der Waals surface area (Å²) in [5.74, 6) is -2.25. The van der Waals surface area contributed by atoms with E-state index in [-0.39, 0.29) is 16.9 Å². The van der Waals surface area contributed by atoms with Gasteiger partial charge in [-0.2, -0.15) is 0 Å². The van der Waals surface area contributed by atoms with Crippen LogP contribution in [-0.2, 0) is 16.1 Å². The Morgan fingerprint density at radius 1 is 1.07 bits per heavy atom. The minimum atomic E-state index is -0.772. The summed E-state index contributed by atoms with van der Waals surface area (Å²) in [5.41, 5.74) is 0.854. The van der Waals surface area contributed by atoms with Gasteiger partial charge < -0.3 is 14.6 Å². The van der Waals surface area contributed by atoms with Crippen LogP contribution in [0.25, 0.3) is 5.76 Å². The number of hydrogen-bond acceptors (Lipinski definition) is 5. The van der Waals surface area contributed by atoms with E-state index in [4.69, 9.17) is 0 Å². The van der Waals surface area contributed by atoms with Crippen molar-refractivity contribution in [2.45, 2.75) is 19.0 Å². The maximum Gasteiger partial charge on any atom is 0.295 e. The minimum absolute atomic E-state index is 0.0257. The average molecular weight is 406 g/mol. The second-order valence-electron chi connectivity index (χ2n) is 6.94. The summed E-state index contributed by atoms with van der Waals surface area (Å²) in [6.45, 7) is 0.934. The van der Waals surface area contributed by atoms with Gasteiger partial charge in [-0.3, -0.25) is 14.6 Å². The van der Waals surface area contributed by atoms with E-state index < -0.39 is 23.5 Å². The average Bonchev–Trinajstić information content (AvgIpc) is 3.37. The standard InChI is InChI=1S/C22H19FN4O3/c23-17-6-4-15(5-7-17)20(28)18-19(16-3-1-8-24-13-16)27(22(30)21(18)29)11-2-10-26-12-9-25-14-26/h1,3-9,12-14,19,28H,2,10-11H2/b20-18+/t19-/m1/s1. The van der Waals surface area contributed by atoms with E-state index in [0.717, 1.165) is 0 Å². The lowest BCUT2D eigenvalue weighted by atomic mass is 9.96. The van der Waals surface area contributed by atoms with E-state index in [9.17, 15) is 19.1 Å². The van der Waals surface area contributed by atoms with Crippen molar-refractivity contribution in [3.8, 4) is 0 Å². The zero-order chi connectivity index (χ0) is 21.1. The summed E-state index contributed by atoms with van der Waals surface area (Å²) in [6.07, 6.45) is 8.93. The first kappa shape index (κ1) is 19.5. The highest BCUT2D eigenvalue weighted by Gasteiger charge is 2.45. The Morgan fingerprint density at radius 3 is 2.53 bits per heavy atom. The molecular weight excluding hydrogens is 387 g/mol. The molecule has 0 saturated carbocycles. The fraction of sp³-hybridized carbons (Fsp3) is 0.182. The number of benzene rings is 1. The molecule has 0 aliphatic carbocycles. The molecule has 4 rings (SSSR count). The molecule has 1 aliphatic rings. The van der Waals surface area contributed by atoms with Crippen molar-refractivity contribution in [3.63, 3.8) is 0 Å². The highest BCUT2D eigenvalue weighted by atomic mass is 19.1. The SMILES string of the molecule is O=C1C(=O)N(CCCn2ccnc2)[C@H](c2cccnc2)/C1=C(\O)c1ccc(F)cc1. The molecule has 0 unspecified atom stereocenters. The second kappa shape index (κ2) is 8.28. The molecule has 0 radical (unpaired) electrons. The number of carbonyl (C=O) groups excluding carboxylic acids is 2. The topological polar surface area (TPSA) is 88.3 Å². The van der Waals surface area contributed by atoms with Gasteiger partial charge in [0.25, 0.3) is 11.7 Å². The van der Waals surface area contributed by atoms with Crippen molar-refractivity contribution in [2.24, 2.45) is 0 Å². The van der Waals surface area contributed by atoms with E-state index in [1.165, 1.54) is 29.2 Å². The van der Waals surface area contributed by atoms with Crippen LogP contribution in [0.5, 0.6) is 0 Å². The number of aromatic nitrogens is 3. The zero-order valence-corrected chi connectivity index (χ0v) is 16.0. The Morgan fingerprint density at radius 2 is 1.87 bits per heavy atom. The number of aliphatic hydroxyl groups is 1. The molecule has 0 bridgehead atoms.